The summed E-state index contributed by atoms with van der Waals surface area (Å²) in [6.45, 7) is 8.16. The number of nitrogens with one attached hydrogen (secondary N) is 1. The van der Waals surface area contributed by atoms with E-state index in [-0.39, 0.29) is 5.91 Å². The molecule has 0 aliphatic heterocycles. The quantitative estimate of drug-likeness (QED) is 0.747. The Morgan fingerprint density at radius 2 is 2.00 bits per heavy atom. The van der Waals surface area contributed by atoms with Crippen molar-refractivity contribution in [2.45, 2.75) is 50.6 Å². The van der Waals surface area contributed by atoms with Gasteiger partial charge in [0.2, 0.25) is 5.91 Å². The number of hydrogen-bond donors (Lipinski definition) is 1. The van der Waals surface area contributed by atoms with Crippen LogP contribution in [0.2, 0.25) is 0 Å². The predicted molar refractivity (Wildman–Crippen MR) is 89.7 cm³/mol. The minimum atomic E-state index is 0.273. The van der Waals surface area contributed by atoms with E-state index in [2.05, 4.69) is 50.4 Å². The van der Waals surface area contributed by atoms with Crippen LogP contribution in [0, 0.1) is 0 Å². The summed E-state index contributed by atoms with van der Waals surface area (Å²) in [5, 5.41) is 3.41. The molecule has 2 rings (SSSR count). The molecule has 0 saturated heterocycles. The fourth-order valence-electron chi connectivity index (χ4n) is 2.53. The van der Waals surface area contributed by atoms with Gasteiger partial charge in [-0.25, -0.2) is 0 Å². The summed E-state index contributed by atoms with van der Waals surface area (Å²) < 4.78 is 0. The average molecular weight is 306 g/mol. The third-order valence-electron chi connectivity index (χ3n) is 3.90. The van der Waals surface area contributed by atoms with Gasteiger partial charge in [0, 0.05) is 23.5 Å². The van der Waals surface area contributed by atoms with E-state index < -0.39 is 0 Å². The van der Waals surface area contributed by atoms with Gasteiger partial charge < -0.3 is 10.2 Å². The lowest BCUT2D eigenvalue weighted by atomic mass is 10.1. The zero-order valence-corrected chi connectivity index (χ0v) is 14.1. The molecule has 1 atom stereocenters. The van der Waals surface area contributed by atoms with Gasteiger partial charge >= 0.3 is 0 Å². The topological polar surface area (TPSA) is 32.3 Å². The van der Waals surface area contributed by atoms with E-state index in [1.807, 2.05) is 4.90 Å². The van der Waals surface area contributed by atoms with Gasteiger partial charge in [-0.15, -0.1) is 11.8 Å². The van der Waals surface area contributed by atoms with Crippen LogP contribution in [0.15, 0.2) is 29.2 Å². The minimum Gasteiger partial charge on any atom is -0.339 e. The monoisotopic (exact) mass is 306 g/mol. The second kappa shape index (κ2) is 7.85. The summed E-state index contributed by atoms with van der Waals surface area (Å²) in [5.41, 5.74) is 1.29. The zero-order valence-electron chi connectivity index (χ0n) is 13.3. The van der Waals surface area contributed by atoms with Crippen molar-refractivity contribution in [3.63, 3.8) is 0 Å². The number of amides is 1. The Balaban J connectivity index is 1.84. The molecule has 1 aliphatic rings. The van der Waals surface area contributed by atoms with E-state index in [4.69, 9.17) is 0 Å². The van der Waals surface area contributed by atoms with Gasteiger partial charge in [-0.05, 0) is 50.9 Å². The van der Waals surface area contributed by atoms with E-state index >= 15 is 0 Å². The Morgan fingerprint density at radius 1 is 1.33 bits per heavy atom. The van der Waals surface area contributed by atoms with E-state index in [1.165, 1.54) is 23.3 Å². The molecule has 0 bridgehead atoms. The SMILES string of the molecule is CCNC(C)c1ccc(SCC(=O)N(CC)C2CC2)cc1. The molecule has 116 valence electrons. The van der Waals surface area contributed by atoms with Crippen LogP contribution in [0.5, 0.6) is 0 Å². The van der Waals surface area contributed by atoms with E-state index in [9.17, 15) is 4.79 Å². The maximum atomic E-state index is 12.2. The van der Waals surface area contributed by atoms with Crippen molar-refractivity contribution in [1.82, 2.24) is 10.2 Å². The first-order valence-corrected chi connectivity index (χ1v) is 8.89. The molecular formula is C17H26N2OS. The first-order chi connectivity index (χ1) is 10.2. The van der Waals surface area contributed by atoms with Gasteiger partial charge in [0.05, 0.1) is 5.75 Å². The molecule has 1 fully saturated rings. The molecule has 0 aromatic heterocycles. The largest absolute Gasteiger partial charge is 0.339 e. The lowest BCUT2D eigenvalue weighted by Gasteiger charge is -2.20. The van der Waals surface area contributed by atoms with Crippen LogP contribution in [-0.2, 0) is 4.79 Å². The lowest BCUT2D eigenvalue weighted by Crippen LogP contribution is -2.34. The van der Waals surface area contributed by atoms with Crippen LogP contribution < -0.4 is 5.32 Å². The molecule has 1 unspecified atom stereocenters. The van der Waals surface area contributed by atoms with Gasteiger partial charge in [-0.3, -0.25) is 4.79 Å². The standard InChI is InChI=1S/C17H26N2OS/c1-4-18-13(3)14-6-10-16(11-7-14)21-12-17(20)19(5-2)15-8-9-15/h6-7,10-11,13,15,18H,4-5,8-9,12H2,1-3H3. The van der Waals surface area contributed by atoms with Crippen LogP contribution in [-0.4, -0.2) is 35.7 Å². The smallest absolute Gasteiger partial charge is 0.233 e. The Bertz CT molecular complexity index is 456. The number of thioether (sulfide) groups is 1. The highest BCUT2D eigenvalue weighted by Crippen LogP contribution is 2.28. The number of nitrogens with zero attached hydrogens (tertiary/aromatic N) is 1. The first kappa shape index (κ1) is 16.4. The molecule has 1 aliphatic carbocycles. The maximum Gasteiger partial charge on any atom is 0.233 e. The first-order valence-electron chi connectivity index (χ1n) is 7.91. The van der Waals surface area contributed by atoms with Crippen molar-refractivity contribution in [2.75, 3.05) is 18.8 Å². The van der Waals surface area contributed by atoms with Gasteiger partial charge in [-0.2, -0.15) is 0 Å². The van der Waals surface area contributed by atoms with Crippen molar-refractivity contribution < 1.29 is 4.79 Å². The molecule has 0 spiro atoms. The molecule has 1 N–H and O–H groups in total. The minimum absolute atomic E-state index is 0.273. The Labute approximate surface area is 132 Å². The Hall–Kier alpha value is -1.00. The number of rotatable bonds is 8. The second-order valence-corrected chi connectivity index (χ2v) is 6.60. The highest BCUT2D eigenvalue weighted by atomic mass is 32.2. The van der Waals surface area contributed by atoms with Crippen molar-refractivity contribution in [3.8, 4) is 0 Å². The number of hydrogen-bond acceptors (Lipinski definition) is 3. The molecule has 3 nitrogen and oxygen atoms in total. The molecule has 1 saturated carbocycles. The molecule has 1 aromatic rings. The molecule has 0 heterocycles. The molecule has 4 heteroatoms. The Kier molecular flexibility index (Phi) is 6.12. The third kappa shape index (κ3) is 4.75. The second-order valence-electron chi connectivity index (χ2n) is 5.55. The van der Waals surface area contributed by atoms with Gasteiger partial charge in [0.25, 0.3) is 0 Å². The number of carbonyl (C=O) groups is 1. The summed E-state index contributed by atoms with van der Waals surface area (Å²) in [6, 6.07) is 9.44. The van der Waals surface area contributed by atoms with Crippen molar-refractivity contribution in [2.24, 2.45) is 0 Å². The van der Waals surface area contributed by atoms with Gasteiger partial charge in [-0.1, -0.05) is 19.1 Å². The van der Waals surface area contributed by atoms with Crippen molar-refractivity contribution in [1.29, 1.82) is 0 Å². The zero-order chi connectivity index (χ0) is 15.2. The highest BCUT2D eigenvalue weighted by molar-refractivity contribution is 8.00. The van der Waals surface area contributed by atoms with Crippen molar-refractivity contribution >= 4 is 17.7 Å². The summed E-state index contributed by atoms with van der Waals surface area (Å²) >= 11 is 1.64. The van der Waals surface area contributed by atoms with Gasteiger partial charge in [0.1, 0.15) is 0 Å². The summed E-state index contributed by atoms with van der Waals surface area (Å²) in [4.78, 5) is 15.4. The third-order valence-corrected chi connectivity index (χ3v) is 4.90. The molecule has 1 aromatic carbocycles. The number of carbonyl (C=O) groups excluding carboxylic acids is 1. The average Bonchev–Trinajstić information content (AvgIpc) is 3.31. The van der Waals surface area contributed by atoms with Crippen LogP contribution in [0.4, 0.5) is 0 Å². The van der Waals surface area contributed by atoms with Crippen LogP contribution in [0.25, 0.3) is 0 Å². The number of benzene rings is 1. The predicted octanol–water partition coefficient (Wildman–Crippen LogP) is 3.46. The summed E-state index contributed by atoms with van der Waals surface area (Å²) in [7, 11) is 0. The molecule has 0 radical (unpaired) electrons. The van der Waals surface area contributed by atoms with Gasteiger partial charge in [0.15, 0.2) is 0 Å². The van der Waals surface area contributed by atoms with Crippen LogP contribution in [0.1, 0.15) is 45.2 Å². The Morgan fingerprint density at radius 3 is 2.52 bits per heavy atom. The molecule has 1 amide bonds. The summed E-state index contributed by atoms with van der Waals surface area (Å²) in [6.07, 6.45) is 2.36. The maximum absolute atomic E-state index is 12.2. The summed E-state index contributed by atoms with van der Waals surface area (Å²) in [5.74, 6) is 0.821. The van der Waals surface area contributed by atoms with E-state index in [0.29, 0.717) is 17.8 Å². The van der Waals surface area contributed by atoms with Crippen molar-refractivity contribution in [3.05, 3.63) is 29.8 Å². The van der Waals surface area contributed by atoms with Crippen LogP contribution >= 0.6 is 11.8 Å². The molecule has 21 heavy (non-hydrogen) atoms. The van der Waals surface area contributed by atoms with Crippen LogP contribution in [0.3, 0.4) is 0 Å². The fraction of sp³-hybridized carbons (Fsp3) is 0.588. The van der Waals surface area contributed by atoms with E-state index in [1.54, 1.807) is 11.8 Å². The van der Waals surface area contributed by atoms with E-state index in [0.717, 1.165) is 13.1 Å². The lowest BCUT2D eigenvalue weighted by molar-refractivity contribution is -0.128. The normalized spacial score (nSPS) is 15.8. The fourth-order valence-corrected chi connectivity index (χ4v) is 3.31. The molecular weight excluding hydrogens is 280 g/mol. The highest BCUT2D eigenvalue weighted by Gasteiger charge is 2.30.